The molecule has 3 aromatic carbocycles. The second-order valence-corrected chi connectivity index (χ2v) is 11.6. The Hall–Kier alpha value is -4.15. The van der Waals surface area contributed by atoms with E-state index in [0.29, 0.717) is 66.7 Å². The fourth-order valence-corrected chi connectivity index (χ4v) is 6.28. The zero-order valence-corrected chi connectivity index (χ0v) is 26.2. The van der Waals surface area contributed by atoms with Crippen LogP contribution < -0.4 is 19.5 Å². The molecule has 2 N–H and O–H groups in total. The van der Waals surface area contributed by atoms with Crippen LogP contribution in [0.15, 0.2) is 54.6 Å². The van der Waals surface area contributed by atoms with Crippen LogP contribution >= 0.6 is 0 Å². The number of carbonyl (C=O) groups excluding carboxylic acids is 1. The molecule has 45 heavy (non-hydrogen) atoms. The molecule has 2 aliphatic rings. The van der Waals surface area contributed by atoms with Crippen molar-refractivity contribution in [3.63, 3.8) is 0 Å². The first kappa shape index (κ1) is 32.2. The molecule has 3 aromatic rings. The Kier molecular flexibility index (Phi) is 10.2. The van der Waals surface area contributed by atoms with E-state index in [0.717, 1.165) is 11.1 Å². The van der Waals surface area contributed by atoms with Gasteiger partial charge in [0.1, 0.15) is 18.2 Å². The summed E-state index contributed by atoms with van der Waals surface area (Å²) in [7, 11) is 0. The molecule has 0 spiro atoms. The number of aryl methyl sites for hydroxylation is 2. The van der Waals surface area contributed by atoms with E-state index in [1.807, 2.05) is 69.0 Å². The van der Waals surface area contributed by atoms with Gasteiger partial charge in [-0.3, -0.25) is 14.5 Å². The van der Waals surface area contributed by atoms with E-state index in [4.69, 9.17) is 18.9 Å². The van der Waals surface area contributed by atoms with Gasteiger partial charge < -0.3 is 29.4 Å². The fourth-order valence-electron chi connectivity index (χ4n) is 6.28. The average Bonchev–Trinajstić information content (AvgIpc) is 3.64. The number of likely N-dealkylation sites (tertiary alicyclic amines) is 1. The van der Waals surface area contributed by atoms with Crippen LogP contribution in [0.4, 0.5) is 10.1 Å². The van der Waals surface area contributed by atoms with Gasteiger partial charge in [0.2, 0.25) is 12.7 Å². The molecule has 1 saturated heterocycles. The lowest BCUT2D eigenvalue weighted by molar-refractivity contribution is -0.143. The van der Waals surface area contributed by atoms with Gasteiger partial charge in [0, 0.05) is 24.2 Å². The van der Waals surface area contributed by atoms with Crippen molar-refractivity contribution in [2.45, 2.75) is 58.6 Å². The number of anilines is 1. The predicted octanol–water partition coefficient (Wildman–Crippen LogP) is 5.96. The number of halogens is 1. The molecule has 9 nitrogen and oxygen atoms in total. The Morgan fingerprint density at radius 3 is 2.29 bits per heavy atom. The van der Waals surface area contributed by atoms with Crippen molar-refractivity contribution in [1.82, 2.24) is 4.90 Å². The summed E-state index contributed by atoms with van der Waals surface area (Å²) in [6, 6.07) is 15.1. The number of carboxylic acids is 1. The summed E-state index contributed by atoms with van der Waals surface area (Å²) < 4.78 is 36.7. The number of ether oxygens (including phenoxy) is 4. The monoisotopic (exact) mass is 620 g/mol. The van der Waals surface area contributed by atoms with Crippen LogP contribution in [0, 0.1) is 11.7 Å². The van der Waals surface area contributed by atoms with Gasteiger partial charge in [-0.25, -0.2) is 4.39 Å². The third-order valence-corrected chi connectivity index (χ3v) is 8.37. The first-order chi connectivity index (χ1) is 21.7. The van der Waals surface area contributed by atoms with E-state index in [9.17, 15) is 19.1 Å². The summed E-state index contributed by atoms with van der Waals surface area (Å²) >= 11 is 0. The number of carbonyl (C=O) groups is 2. The maximum absolute atomic E-state index is 14.2. The number of carboxylic acid groups (broad SMARTS) is 1. The topological polar surface area (TPSA) is 107 Å². The lowest BCUT2D eigenvalue weighted by atomic mass is 9.82. The second-order valence-electron chi connectivity index (χ2n) is 11.6. The summed E-state index contributed by atoms with van der Waals surface area (Å²) in [4.78, 5) is 28.5. The molecule has 5 rings (SSSR count). The molecule has 0 saturated carbocycles. The third kappa shape index (κ3) is 7.40. The average molecular weight is 621 g/mol. The van der Waals surface area contributed by atoms with Gasteiger partial charge in [-0.05, 0) is 85.3 Å². The van der Waals surface area contributed by atoms with Crippen LogP contribution in [0.5, 0.6) is 17.2 Å². The van der Waals surface area contributed by atoms with E-state index in [-0.39, 0.29) is 31.2 Å². The highest BCUT2D eigenvalue weighted by Gasteiger charge is 2.48. The molecular weight excluding hydrogens is 579 g/mol. The van der Waals surface area contributed by atoms with Gasteiger partial charge in [-0.1, -0.05) is 32.0 Å². The highest BCUT2D eigenvalue weighted by molar-refractivity contribution is 5.94. The lowest BCUT2D eigenvalue weighted by Crippen LogP contribution is -2.35. The van der Waals surface area contributed by atoms with E-state index in [2.05, 4.69) is 5.32 Å². The van der Waals surface area contributed by atoms with Gasteiger partial charge in [0.25, 0.3) is 0 Å². The van der Waals surface area contributed by atoms with Crippen LogP contribution in [0.2, 0.25) is 0 Å². The van der Waals surface area contributed by atoms with E-state index >= 15 is 0 Å². The number of amides is 1. The zero-order valence-electron chi connectivity index (χ0n) is 26.2. The Labute approximate surface area is 263 Å². The lowest BCUT2D eigenvalue weighted by Gasteiger charge is -2.27. The number of aliphatic carboxylic acids is 1. The van der Waals surface area contributed by atoms with Gasteiger partial charge in [0.05, 0.1) is 25.2 Å². The Balaban J connectivity index is 1.43. The van der Waals surface area contributed by atoms with Crippen molar-refractivity contribution in [2.24, 2.45) is 5.92 Å². The first-order valence-corrected chi connectivity index (χ1v) is 15.5. The maximum Gasteiger partial charge on any atom is 0.309 e. The number of nitrogens with one attached hydrogen (secondary N) is 1. The number of benzene rings is 3. The molecule has 0 aromatic heterocycles. The number of nitrogens with zero attached hydrogens (tertiary/aromatic N) is 1. The third-order valence-electron chi connectivity index (χ3n) is 8.37. The molecule has 10 heteroatoms. The highest BCUT2D eigenvalue weighted by Crippen LogP contribution is 2.47. The molecule has 2 aliphatic heterocycles. The number of rotatable bonds is 13. The van der Waals surface area contributed by atoms with Crippen LogP contribution in [-0.4, -0.2) is 61.1 Å². The van der Waals surface area contributed by atoms with E-state index < -0.39 is 23.8 Å². The Bertz CT molecular complexity index is 1490. The minimum Gasteiger partial charge on any atom is -0.491 e. The SMILES string of the molecule is CCc1cc(F)cc(CC)c1NC(=O)CN1C[C@H](c2ccc3c(c2)OCO3)C(C(=O)O)[C@@H]1c1ccc(OCCOC(C)C)cc1. The van der Waals surface area contributed by atoms with Crippen LogP contribution in [0.3, 0.4) is 0 Å². The Morgan fingerprint density at radius 1 is 0.978 bits per heavy atom. The Morgan fingerprint density at radius 2 is 1.64 bits per heavy atom. The molecular formula is C35H41FN2O7. The van der Waals surface area contributed by atoms with E-state index in [1.165, 1.54) is 12.1 Å². The van der Waals surface area contributed by atoms with Crippen molar-refractivity contribution in [3.05, 3.63) is 82.7 Å². The fraction of sp³-hybridized carbons (Fsp3) is 0.429. The summed E-state index contributed by atoms with van der Waals surface area (Å²) in [5.41, 5.74) is 3.61. The molecule has 3 atom stereocenters. The van der Waals surface area contributed by atoms with Crippen LogP contribution in [-0.2, 0) is 27.2 Å². The van der Waals surface area contributed by atoms with Crippen molar-refractivity contribution in [1.29, 1.82) is 0 Å². The summed E-state index contributed by atoms with van der Waals surface area (Å²) in [5, 5.41) is 13.6. The number of fused-ring (bicyclic) bond motifs is 1. The van der Waals surface area contributed by atoms with Crippen molar-refractivity contribution in [3.8, 4) is 17.2 Å². The highest BCUT2D eigenvalue weighted by atomic mass is 19.1. The largest absolute Gasteiger partial charge is 0.491 e. The van der Waals surface area contributed by atoms with Gasteiger partial charge in [-0.2, -0.15) is 0 Å². The van der Waals surface area contributed by atoms with Crippen LogP contribution in [0.25, 0.3) is 0 Å². The predicted molar refractivity (Wildman–Crippen MR) is 168 cm³/mol. The van der Waals surface area contributed by atoms with Gasteiger partial charge >= 0.3 is 5.97 Å². The molecule has 240 valence electrons. The van der Waals surface area contributed by atoms with Crippen LogP contribution in [0.1, 0.15) is 61.9 Å². The normalized spacial score (nSPS) is 19.2. The standard InChI is InChI=1S/C35H41FN2O7/c1-5-22-15-26(36)16-23(6-2)33(22)37-31(39)19-38-18-28(25-9-12-29-30(17-25)45-20-44-29)32(35(40)41)34(38)24-7-10-27(11-8-24)43-14-13-42-21(3)4/h7-12,15-17,21,28,32,34H,5-6,13-14,18-20H2,1-4H3,(H,37,39)(H,40,41)/t28-,32?,34+/m1/s1. The minimum atomic E-state index is -0.961. The van der Waals surface area contributed by atoms with Crippen molar-refractivity contribution in [2.75, 3.05) is 38.4 Å². The maximum atomic E-state index is 14.2. The van der Waals surface area contributed by atoms with Gasteiger partial charge in [0.15, 0.2) is 11.5 Å². The van der Waals surface area contributed by atoms with E-state index in [1.54, 1.807) is 6.07 Å². The molecule has 1 amide bonds. The summed E-state index contributed by atoms with van der Waals surface area (Å²) in [6.07, 6.45) is 1.22. The van der Waals surface area contributed by atoms with Crippen molar-refractivity contribution >= 4 is 17.6 Å². The molecule has 1 unspecified atom stereocenters. The van der Waals surface area contributed by atoms with Crippen molar-refractivity contribution < 1.29 is 38.0 Å². The zero-order chi connectivity index (χ0) is 32.1. The molecule has 0 bridgehead atoms. The summed E-state index contributed by atoms with van der Waals surface area (Å²) in [6.45, 7) is 8.98. The molecule has 0 aliphatic carbocycles. The quantitative estimate of drug-likeness (QED) is 0.226. The molecule has 1 fully saturated rings. The first-order valence-electron chi connectivity index (χ1n) is 15.5. The number of hydrogen-bond donors (Lipinski definition) is 2. The summed E-state index contributed by atoms with van der Waals surface area (Å²) in [5.74, 6) is -1.05. The van der Waals surface area contributed by atoms with Gasteiger partial charge in [-0.15, -0.1) is 0 Å². The molecule has 0 radical (unpaired) electrons. The molecule has 2 heterocycles. The minimum absolute atomic E-state index is 0.0516. The second kappa shape index (κ2) is 14.3. The number of hydrogen-bond acceptors (Lipinski definition) is 7. The smallest absolute Gasteiger partial charge is 0.309 e.